The van der Waals surface area contributed by atoms with Gasteiger partial charge in [-0.1, -0.05) is 33.1 Å². The fraction of sp³-hybridized carbons (Fsp3) is 0.652. The summed E-state index contributed by atoms with van der Waals surface area (Å²) in [5, 5.41) is 6.55. The smallest absolute Gasteiger partial charge is 0.241 e. The van der Waals surface area contributed by atoms with Crippen LogP contribution in [-0.2, 0) is 11.3 Å². The molecule has 0 aromatic heterocycles. The Labute approximate surface area is 210 Å². The van der Waals surface area contributed by atoms with Crippen molar-refractivity contribution >= 4 is 35.8 Å². The molecular weight excluding hydrogens is 523 g/mol. The Balaban J connectivity index is 0.00000961. The van der Waals surface area contributed by atoms with Gasteiger partial charge < -0.3 is 29.7 Å². The Morgan fingerprint density at radius 3 is 2.16 bits per heavy atom. The molecule has 1 unspecified atom stereocenters. The zero-order valence-electron chi connectivity index (χ0n) is 20.6. The zero-order valence-corrected chi connectivity index (χ0v) is 22.9. The molecule has 0 aliphatic carbocycles. The van der Waals surface area contributed by atoms with E-state index in [1.54, 1.807) is 40.3 Å². The van der Waals surface area contributed by atoms with Crippen molar-refractivity contribution in [1.82, 2.24) is 15.5 Å². The van der Waals surface area contributed by atoms with Crippen LogP contribution >= 0.6 is 24.0 Å². The second kappa shape index (κ2) is 16.7. The molecule has 32 heavy (non-hydrogen) atoms. The molecule has 0 fully saturated rings. The number of amides is 1. The average Bonchev–Trinajstić information content (AvgIpc) is 2.78. The molecule has 0 saturated carbocycles. The molecule has 0 heterocycles. The minimum atomic E-state index is -0.0136. The molecule has 1 amide bonds. The van der Waals surface area contributed by atoms with Crippen LogP contribution in [0.25, 0.3) is 0 Å². The number of halogens is 1. The standard InChI is InChI=1S/C23H40N4O4.HI/c1-8-10-11-17(9-2)14-24-23(26-16-21(28)27(3)4)25-15-18-12-19(29-5)22(31-7)20(13-18)30-6;/h12-13,17H,8-11,14-16H2,1-7H3,(H2,24,25,26);1H. The van der Waals surface area contributed by atoms with E-state index < -0.39 is 0 Å². The molecule has 0 radical (unpaired) electrons. The van der Waals surface area contributed by atoms with E-state index >= 15 is 0 Å². The quantitative estimate of drug-likeness (QED) is 0.216. The number of rotatable bonds is 13. The Bertz CT molecular complexity index is 688. The third-order valence-corrected chi connectivity index (χ3v) is 5.15. The SMILES string of the molecule is CCCCC(CC)CNC(=NCc1cc(OC)c(OC)c(OC)c1)NCC(=O)N(C)C.I. The first kappa shape index (κ1) is 30.1. The molecule has 0 aliphatic heterocycles. The number of ether oxygens (including phenoxy) is 3. The predicted octanol–water partition coefficient (Wildman–Crippen LogP) is 3.67. The summed E-state index contributed by atoms with van der Waals surface area (Å²) in [4.78, 5) is 18.3. The minimum Gasteiger partial charge on any atom is -0.493 e. The van der Waals surface area contributed by atoms with Gasteiger partial charge >= 0.3 is 0 Å². The number of unbranched alkanes of at least 4 members (excludes halogenated alkanes) is 1. The molecule has 0 aliphatic rings. The molecule has 8 nitrogen and oxygen atoms in total. The summed E-state index contributed by atoms with van der Waals surface area (Å²) < 4.78 is 16.2. The van der Waals surface area contributed by atoms with Gasteiger partial charge in [0.1, 0.15) is 0 Å². The van der Waals surface area contributed by atoms with Crippen molar-refractivity contribution in [3.8, 4) is 17.2 Å². The maximum atomic E-state index is 12.0. The van der Waals surface area contributed by atoms with Crippen LogP contribution in [0.5, 0.6) is 17.2 Å². The fourth-order valence-corrected chi connectivity index (χ4v) is 3.07. The Hall–Kier alpha value is -1.91. The third kappa shape index (κ3) is 10.1. The summed E-state index contributed by atoms with van der Waals surface area (Å²) in [6.07, 6.45) is 4.68. The molecular formula is C23H41IN4O4. The highest BCUT2D eigenvalue weighted by Crippen LogP contribution is 2.38. The van der Waals surface area contributed by atoms with Crippen molar-refractivity contribution < 1.29 is 19.0 Å². The molecule has 0 saturated heterocycles. The van der Waals surface area contributed by atoms with E-state index in [1.165, 1.54) is 19.3 Å². The van der Waals surface area contributed by atoms with E-state index in [0.29, 0.717) is 35.7 Å². The number of nitrogens with zero attached hydrogens (tertiary/aromatic N) is 2. The first-order valence-corrected chi connectivity index (χ1v) is 10.9. The van der Waals surface area contributed by atoms with E-state index in [1.807, 2.05) is 12.1 Å². The molecule has 1 aromatic carbocycles. The Morgan fingerprint density at radius 1 is 1.06 bits per heavy atom. The fourth-order valence-electron chi connectivity index (χ4n) is 3.07. The minimum absolute atomic E-state index is 0. The summed E-state index contributed by atoms with van der Waals surface area (Å²) in [7, 11) is 8.23. The van der Waals surface area contributed by atoms with Gasteiger partial charge in [0, 0.05) is 20.6 Å². The van der Waals surface area contributed by atoms with Crippen molar-refractivity contribution in [2.24, 2.45) is 10.9 Å². The van der Waals surface area contributed by atoms with Crippen molar-refractivity contribution in [3.63, 3.8) is 0 Å². The van der Waals surface area contributed by atoms with Crippen molar-refractivity contribution in [2.75, 3.05) is 48.5 Å². The molecule has 1 aromatic rings. The normalized spacial score (nSPS) is 11.8. The number of hydrogen-bond donors (Lipinski definition) is 2. The van der Waals surface area contributed by atoms with E-state index in [4.69, 9.17) is 14.2 Å². The molecule has 0 spiro atoms. The van der Waals surface area contributed by atoms with Crippen LogP contribution in [-0.4, -0.2) is 65.3 Å². The number of nitrogens with one attached hydrogen (secondary N) is 2. The second-order valence-corrected chi connectivity index (χ2v) is 7.64. The maximum Gasteiger partial charge on any atom is 0.241 e. The van der Waals surface area contributed by atoms with Gasteiger partial charge in [-0.2, -0.15) is 0 Å². The van der Waals surface area contributed by atoms with Crippen molar-refractivity contribution in [1.29, 1.82) is 0 Å². The van der Waals surface area contributed by atoms with Crippen LogP contribution < -0.4 is 24.8 Å². The van der Waals surface area contributed by atoms with Crippen LogP contribution in [0.3, 0.4) is 0 Å². The molecule has 1 rings (SSSR count). The van der Waals surface area contributed by atoms with Gasteiger partial charge in [0.05, 0.1) is 34.4 Å². The van der Waals surface area contributed by atoms with Gasteiger partial charge in [-0.05, 0) is 30.0 Å². The van der Waals surface area contributed by atoms with Crippen LogP contribution in [0, 0.1) is 5.92 Å². The van der Waals surface area contributed by atoms with E-state index in [0.717, 1.165) is 18.5 Å². The summed E-state index contributed by atoms with van der Waals surface area (Å²) in [6, 6.07) is 3.76. The number of guanidine groups is 1. The lowest BCUT2D eigenvalue weighted by atomic mass is 9.99. The van der Waals surface area contributed by atoms with Gasteiger partial charge in [0.2, 0.25) is 11.7 Å². The number of methoxy groups -OCH3 is 3. The second-order valence-electron chi connectivity index (χ2n) is 7.64. The summed E-state index contributed by atoms with van der Waals surface area (Å²) in [5.41, 5.74) is 0.910. The molecule has 1 atom stereocenters. The zero-order chi connectivity index (χ0) is 23.2. The highest BCUT2D eigenvalue weighted by Gasteiger charge is 2.14. The monoisotopic (exact) mass is 564 g/mol. The molecule has 184 valence electrons. The maximum absolute atomic E-state index is 12.0. The predicted molar refractivity (Wildman–Crippen MR) is 141 cm³/mol. The van der Waals surface area contributed by atoms with Crippen LogP contribution in [0.2, 0.25) is 0 Å². The van der Waals surface area contributed by atoms with Gasteiger partial charge in [0.15, 0.2) is 17.5 Å². The van der Waals surface area contributed by atoms with Gasteiger partial charge in [-0.25, -0.2) is 4.99 Å². The third-order valence-electron chi connectivity index (χ3n) is 5.15. The lowest BCUT2D eigenvalue weighted by Gasteiger charge is -2.19. The van der Waals surface area contributed by atoms with Crippen LogP contribution in [0.4, 0.5) is 0 Å². The van der Waals surface area contributed by atoms with Gasteiger partial charge in [0.25, 0.3) is 0 Å². The number of aliphatic imine (C=N–C) groups is 1. The number of benzene rings is 1. The Kier molecular flexibility index (Phi) is 15.7. The topological polar surface area (TPSA) is 84.4 Å². The molecule has 2 N–H and O–H groups in total. The largest absolute Gasteiger partial charge is 0.493 e. The highest BCUT2D eigenvalue weighted by molar-refractivity contribution is 14.0. The number of carbonyl (C=O) groups is 1. The van der Waals surface area contributed by atoms with E-state index in [2.05, 4.69) is 29.5 Å². The summed E-state index contributed by atoms with van der Waals surface area (Å²) in [6.45, 7) is 5.80. The van der Waals surface area contributed by atoms with E-state index in [-0.39, 0.29) is 36.4 Å². The van der Waals surface area contributed by atoms with Crippen molar-refractivity contribution in [3.05, 3.63) is 17.7 Å². The highest BCUT2D eigenvalue weighted by atomic mass is 127. The van der Waals surface area contributed by atoms with Crippen molar-refractivity contribution in [2.45, 2.75) is 46.1 Å². The number of hydrogen-bond acceptors (Lipinski definition) is 5. The van der Waals surface area contributed by atoms with Crippen LogP contribution in [0.15, 0.2) is 17.1 Å². The average molecular weight is 565 g/mol. The van der Waals surface area contributed by atoms with E-state index in [9.17, 15) is 4.79 Å². The molecule has 0 bridgehead atoms. The number of likely N-dealkylation sites (N-methyl/N-ethyl adjacent to an activating group) is 1. The summed E-state index contributed by atoms with van der Waals surface area (Å²) >= 11 is 0. The van der Waals surface area contributed by atoms with Crippen LogP contribution in [0.1, 0.15) is 45.1 Å². The first-order chi connectivity index (χ1) is 14.9. The van der Waals surface area contributed by atoms with Gasteiger partial charge in [-0.15, -0.1) is 24.0 Å². The Morgan fingerprint density at radius 2 is 1.69 bits per heavy atom. The number of carbonyl (C=O) groups excluding carboxylic acids is 1. The molecule has 9 heteroatoms. The lowest BCUT2D eigenvalue weighted by Crippen LogP contribution is -2.44. The van der Waals surface area contributed by atoms with Gasteiger partial charge in [-0.3, -0.25) is 4.79 Å². The first-order valence-electron chi connectivity index (χ1n) is 10.9. The summed E-state index contributed by atoms with van der Waals surface area (Å²) in [5.74, 6) is 2.88. The lowest BCUT2D eigenvalue weighted by molar-refractivity contribution is -0.127.